The van der Waals surface area contributed by atoms with Crippen molar-refractivity contribution < 1.29 is 0 Å². The van der Waals surface area contributed by atoms with Crippen molar-refractivity contribution in [1.29, 1.82) is 0 Å². The lowest BCUT2D eigenvalue weighted by Crippen LogP contribution is -2.48. The molecule has 2 N–H and O–H groups in total. The third kappa shape index (κ3) is 3.45. The molecule has 1 aromatic carbocycles. The van der Waals surface area contributed by atoms with Crippen LogP contribution in [-0.2, 0) is 0 Å². The van der Waals surface area contributed by atoms with Crippen molar-refractivity contribution in [3.63, 3.8) is 0 Å². The topological polar surface area (TPSA) is 32.5 Å². The molecule has 0 radical (unpaired) electrons. The van der Waals surface area contributed by atoms with Gasteiger partial charge in [0, 0.05) is 38.4 Å². The summed E-state index contributed by atoms with van der Waals surface area (Å²) in [7, 11) is 0. The summed E-state index contributed by atoms with van der Waals surface area (Å²) in [6.07, 6.45) is 0. The van der Waals surface area contributed by atoms with Gasteiger partial charge < -0.3 is 10.6 Å². The maximum atomic E-state index is 5.67. The molecule has 94 valence electrons. The fourth-order valence-corrected chi connectivity index (χ4v) is 2.34. The average molecular weight is 233 g/mol. The molecular weight excluding hydrogens is 210 g/mol. The monoisotopic (exact) mass is 233 g/mol. The normalized spacial score (nSPS) is 19.3. The van der Waals surface area contributed by atoms with Crippen molar-refractivity contribution in [3.05, 3.63) is 30.3 Å². The van der Waals surface area contributed by atoms with E-state index in [4.69, 9.17) is 5.73 Å². The minimum atomic E-state index is 0.610. The van der Waals surface area contributed by atoms with E-state index in [1.54, 1.807) is 0 Å². The molecule has 3 nitrogen and oxygen atoms in total. The predicted molar refractivity (Wildman–Crippen MR) is 73.3 cm³/mol. The van der Waals surface area contributed by atoms with Gasteiger partial charge in [0.1, 0.15) is 0 Å². The molecule has 0 spiro atoms. The number of benzene rings is 1. The fourth-order valence-electron chi connectivity index (χ4n) is 2.34. The van der Waals surface area contributed by atoms with E-state index in [9.17, 15) is 0 Å². The van der Waals surface area contributed by atoms with Crippen molar-refractivity contribution in [3.8, 4) is 0 Å². The van der Waals surface area contributed by atoms with E-state index in [0.29, 0.717) is 5.92 Å². The summed E-state index contributed by atoms with van der Waals surface area (Å²) < 4.78 is 0. The molecule has 0 aliphatic carbocycles. The zero-order valence-electron chi connectivity index (χ0n) is 10.7. The summed E-state index contributed by atoms with van der Waals surface area (Å²) in [4.78, 5) is 4.99. The Balaban J connectivity index is 1.82. The average Bonchev–Trinajstić information content (AvgIpc) is 2.40. The first-order valence-electron chi connectivity index (χ1n) is 6.52. The van der Waals surface area contributed by atoms with Gasteiger partial charge in [-0.15, -0.1) is 0 Å². The molecule has 0 bridgehead atoms. The van der Waals surface area contributed by atoms with Crippen molar-refractivity contribution in [2.75, 3.05) is 44.2 Å². The van der Waals surface area contributed by atoms with Crippen LogP contribution in [0.1, 0.15) is 6.92 Å². The number of rotatable bonds is 4. The molecule has 1 aromatic rings. The number of para-hydroxylation sites is 1. The molecule has 1 fully saturated rings. The van der Waals surface area contributed by atoms with E-state index in [-0.39, 0.29) is 0 Å². The van der Waals surface area contributed by atoms with Crippen LogP contribution < -0.4 is 10.6 Å². The van der Waals surface area contributed by atoms with Gasteiger partial charge in [0.25, 0.3) is 0 Å². The summed E-state index contributed by atoms with van der Waals surface area (Å²) >= 11 is 0. The van der Waals surface area contributed by atoms with Crippen LogP contribution in [0.5, 0.6) is 0 Å². The number of nitrogens with two attached hydrogens (primary N) is 1. The van der Waals surface area contributed by atoms with Crippen molar-refractivity contribution in [1.82, 2.24) is 4.90 Å². The second-order valence-corrected chi connectivity index (χ2v) is 4.96. The van der Waals surface area contributed by atoms with Crippen LogP contribution in [0, 0.1) is 5.92 Å². The van der Waals surface area contributed by atoms with Gasteiger partial charge in [0.15, 0.2) is 0 Å². The molecule has 2 rings (SSSR count). The van der Waals surface area contributed by atoms with Crippen LogP contribution in [0.2, 0.25) is 0 Å². The first-order chi connectivity index (χ1) is 8.29. The van der Waals surface area contributed by atoms with E-state index in [0.717, 1.165) is 39.3 Å². The summed E-state index contributed by atoms with van der Waals surface area (Å²) in [5.41, 5.74) is 7.02. The largest absolute Gasteiger partial charge is 0.369 e. The SMILES string of the molecule is CC(CN)CN1CCN(c2ccccc2)CC1. The number of anilines is 1. The molecular formula is C14H23N3. The van der Waals surface area contributed by atoms with Gasteiger partial charge in [0.05, 0.1) is 0 Å². The minimum absolute atomic E-state index is 0.610. The van der Waals surface area contributed by atoms with Crippen molar-refractivity contribution in [2.45, 2.75) is 6.92 Å². The fraction of sp³-hybridized carbons (Fsp3) is 0.571. The Morgan fingerprint density at radius 2 is 1.76 bits per heavy atom. The Hall–Kier alpha value is -1.06. The number of nitrogens with zero attached hydrogens (tertiary/aromatic N) is 2. The molecule has 1 aliphatic heterocycles. The summed E-state index contributed by atoms with van der Waals surface area (Å²) in [5, 5.41) is 0. The molecule has 0 saturated carbocycles. The third-order valence-corrected chi connectivity index (χ3v) is 3.47. The van der Waals surface area contributed by atoms with Crippen LogP contribution in [0.25, 0.3) is 0 Å². The summed E-state index contributed by atoms with van der Waals surface area (Å²) in [5.74, 6) is 0.610. The molecule has 1 heterocycles. The summed E-state index contributed by atoms with van der Waals surface area (Å²) in [6.45, 7) is 8.71. The first-order valence-corrected chi connectivity index (χ1v) is 6.52. The highest BCUT2D eigenvalue weighted by Crippen LogP contribution is 2.15. The van der Waals surface area contributed by atoms with Crippen LogP contribution in [0.15, 0.2) is 30.3 Å². The second kappa shape index (κ2) is 6.03. The van der Waals surface area contributed by atoms with Crippen LogP contribution in [0.4, 0.5) is 5.69 Å². The van der Waals surface area contributed by atoms with E-state index in [2.05, 4.69) is 47.1 Å². The maximum Gasteiger partial charge on any atom is 0.0367 e. The molecule has 3 heteroatoms. The Morgan fingerprint density at radius 1 is 1.12 bits per heavy atom. The quantitative estimate of drug-likeness (QED) is 0.853. The van der Waals surface area contributed by atoms with Gasteiger partial charge in [-0.25, -0.2) is 0 Å². The summed E-state index contributed by atoms with van der Waals surface area (Å²) in [6, 6.07) is 10.7. The number of hydrogen-bond acceptors (Lipinski definition) is 3. The highest BCUT2D eigenvalue weighted by Gasteiger charge is 2.17. The van der Waals surface area contributed by atoms with Crippen LogP contribution in [-0.4, -0.2) is 44.2 Å². The predicted octanol–water partition coefficient (Wildman–Crippen LogP) is 1.40. The molecule has 1 aliphatic rings. The Kier molecular flexibility index (Phi) is 4.40. The van der Waals surface area contributed by atoms with E-state index in [1.807, 2.05) is 0 Å². The van der Waals surface area contributed by atoms with Gasteiger partial charge in [-0.2, -0.15) is 0 Å². The van der Waals surface area contributed by atoms with Crippen LogP contribution >= 0.6 is 0 Å². The first kappa shape index (κ1) is 12.4. The van der Waals surface area contributed by atoms with Gasteiger partial charge in [-0.05, 0) is 24.6 Å². The van der Waals surface area contributed by atoms with E-state index < -0.39 is 0 Å². The molecule has 0 amide bonds. The highest BCUT2D eigenvalue weighted by atomic mass is 15.3. The van der Waals surface area contributed by atoms with E-state index in [1.165, 1.54) is 5.69 Å². The lowest BCUT2D eigenvalue weighted by molar-refractivity contribution is 0.227. The zero-order chi connectivity index (χ0) is 12.1. The highest BCUT2D eigenvalue weighted by molar-refractivity contribution is 5.46. The Bertz CT molecular complexity index is 317. The molecule has 1 unspecified atom stereocenters. The Labute approximate surface area is 104 Å². The Morgan fingerprint density at radius 3 is 2.35 bits per heavy atom. The molecule has 1 atom stereocenters. The van der Waals surface area contributed by atoms with Crippen LogP contribution in [0.3, 0.4) is 0 Å². The molecule has 1 saturated heterocycles. The smallest absolute Gasteiger partial charge is 0.0367 e. The zero-order valence-corrected chi connectivity index (χ0v) is 10.7. The molecule has 0 aromatic heterocycles. The lowest BCUT2D eigenvalue weighted by Gasteiger charge is -2.37. The van der Waals surface area contributed by atoms with Gasteiger partial charge in [0.2, 0.25) is 0 Å². The third-order valence-electron chi connectivity index (χ3n) is 3.47. The number of hydrogen-bond donors (Lipinski definition) is 1. The molecule has 17 heavy (non-hydrogen) atoms. The van der Waals surface area contributed by atoms with Gasteiger partial charge >= 0.3 is 0 Å². The van der Waals surface area contributed by atoms with Crippen molar-refractivity contribution >= 4 is 5.69 Å². The maximum absolute atomic E-state index is 5.67. The number of piperazine rings is 1. The van der Waals surface area contributed by atoms with E-state index >= 15 is 0 Å². The minimum Gasteiger partial charge on any atom is -0.369 e. The second-order valence-electron chi connectivity index (χ2n) is 4.96. The van der Waals surface area contributed by atoms with Gasteiger partial charge in [-0.3, -0.25) is 4.90 Å². The van der Waals surface area contributed by atoms with Crippen molar-refractivity contribution in [2.24, 2.45) is 11.7 Å². The standard InChI is InChI=1S/C14H23N3/c1-13(11-15)12-16-7-9-17(10-8-16)14-5-3-2-4-6-14/h2-6,13H,7-12,15H2,1H3. The van der Waals surface area contributed by atoms with Gasteiger partial charge in [-0.1, -0.05) is 25.1 Å². The lowest BCUT2D eigenvalue weighted by atomic mass is 10.1.